The van der Waals surface area contributed by atoms with Gasteiger partial charge in [-0.2, -0.15) is 0 Å². The first kappa shape index (κ1) is 12.9. The van der Waals surface area contributed by atoms with Gasteiger partial charge in [-0.15, -0.1) is 0 Å². The molecule has 1 heterocycles. The van der Waals surface area contributed by atoms with Crippen LogP contribution in [0.2, 0.25) is 0 Å². The maximum atomic E-state index is 4.78. The van der Waals surface area contributed by atoms with Gasteiger partial charge < -0.3 is 5.32 Å². The summed E-state index contributed by atoms with van der Waals surface area (Å²) >= 11 is 0. The van der Waals surface area contributed by atoms with E-state index >= 15 is 0 Å². The quantitative estimate of drug-likeness (QED) is 0.718. The van der Waals surface area contributed by atoms with Gasteiger partial charge in [0.1, 0.15) is 5.82 Å². The number of aromatic nitrogens is 2. The van der Waals surface area contributed by atoms with Crippen LogP contribution in [0, 0.1) is 0 Å². The lowest BCUT2D eigenvalue weighted by atomic mass is 10.2. The van der Waals surface area contributed by atoms with Crippen molar-refractivity contribution in [1.82, 2.24) is 14.9 Å². The van der Waals surface area contributed by atoms with E-state index in [4.69, 9.17) is 4.98 Å². The largest absolute Gasteiger partial charge is 0.317 e. The Hall–Kier alpha value is -2.13. The SMILES string of the molecule is CCNCCc1nc2ccccc2n1-c1ccccc1. The van der Waals surface area contributed by atoms with Crippen molar-refractivity contribution in [1.29, 1.82) is 0 Å². The summed E-state index contributed by atoms with van der Waals surface area (Å²) < 4.78 is 2.26. The molecule has 3 nitrogen and oxygen atoms in total. The third-order valence-corrected chi connectivity index (χ3v) is 3.42. The topological polar surface area (TPSA) is 29.9 Å². The average molecular weight is 265 g/mol. The van der Waals surface area contributed by atoms with Gasteiger partial charge >= 0.3 is 0 Å². The van der Waals surface area contributed by atoms with E-state index in [0.717, 1.165) is 30.9 Å². The van der Waals surface area contributed by atoms with Crippen LogP contribution in [-0.4, -0.2) is 22.6 Å². The Morgan fingerprint density at radius 3 is 2.55 bits per heavy atom. The van der Waals surface area contributed by atoms with E-state index in [1.165, 1.54) is 11.2 Å². The van der Waals surface area contributed by atoms with Crippen molar-refractivity contribution in [3.8, 4) is 5.69 Å². The minimum Gasteiger partial charge on any atom is -0.317 e. The Kier molecular flexibility index (Phi) is 3.79. The summed E-state index contributed by atoms with van der Waals surface area (Å²) in [4.78, 5) is 4.78. The first-order valence-corrected chi connectivity index (χ1v) is 7.12. The predicted octanol–water partition coefficient (Wildman–Crippen LogP) is 3.18. The van der Waals surface area contributed by atoms with Gasteiger partial charge in [-0.05, 0) is 30.8 Å². The molecule has 2 aromatic carbocycles. The Bertz CT molecular complexity index is 686. The van der Waals surface area contributed by atoms with E-state index in [-0.39, 0.29) is 0 Å². The zero-order valence-electron chi connectivity index (χ0n) is 11.7. The number of nitrogens with zero attached hydrogens (tertiary/aromatic N) is 2. The van der Waals surface area contributed by atoms with Crippen molar-refractivity contribution in [2.75, 3.05) is 13.1 Å². The number of nitrogens with one attached hydrogen (secondary N) is 1. The number of hydrogen-bond acceptors (Lipinski definition) is 2. The Morgan fingerprint density at radius 2 is 1.75 bits per heavy atom. The van der Waals surface area contributed by atoms with Crippen LogP contribution in [0.15, 0.2) is 54.6 Å². The van der Waals surface area contributed by atoms with Gasteiger partial charge in [0, 0.05) is 18.7 Å². The minimum absolute atomic E-state index is 0.928. The fourth-order valence-corrected chi connectivity index (χ4v) is 2.49. The zero-order valence-corrected chi connectivity index (χ0v) is 11.7. The smallest absolute Gasteiger partial charge is 0.115 e. The van der Waals surface area contributed by atoms with E-state index in [1.54, 1.807) is 0 Å². The number of rotatable bonds is 5. The summed E-state index contributed by atoms with van der Waals surface area (Å²) in [5.41, 5.74) is 3.40. The molecule has 0 spiro atoms. The molecule has 20 heavy (non-hydrogen) atoms. The predicted molar refractivity (Wildman–Crippen MR) is 83.3 cm³/mol. The highest BCUT2D eigenvalue weighted by atomic mass is 15.1. The molecule has 3 aromatic rings. The lowest BCUT2D eigenvalue weighted by Crippen LogP contribution is -2.18. The Morgan fingerprint density at radius 1 is 1.00 bits per heavy atom. The molecule has 0 aliphatic carbocycles. The molecule has 0 aliphatic rings. The Labute approximate surface area is 119 Å². The van der Waals surface area contributed by atoms with Crippen molar-refractivity contribution in [2.45, 2.75) is 13.3 Å². The first-order chi connectivity index (χ1) is 9.90. The molecule has 3 rings (SSSR count). The van der Waals surface area contributed by atoms with Gasteiger partial charge in [-0.3, -0.25) is 4.57 Å². The van der Waals surface area contributed by atoms with Crippen LogP contribution in [0.25, 0.3) is 16.7 Å². The van der Waals surface area contributed by atoms with E-state index in [1.807, 2.05) is 12.1 Å². The first-order valence-electron chi connectivity index (χ1n) is 7.12. The average Bonchev–Trinajstić information content (AvgIpc) is 2.86. The van der Waals surface area contributed by atoms with E-state index < -0.39 is 0 Å². The lowest BCUT2D eigenvalue weighted by molar-refractivity contribution is 0.692. The van der Waals surface area contributed by atoms with Crippen LogP contribution < -0.4 is 5.32 Å². The highest BCUT2D eigenvalue weighted by molar-refractivity contribution is 5.78. The molecule has 0 aliphatic heterocycles. The third-order valence-electron chi connectivity index (χ3n) is 3.42. The number of hydrogen-bond donors (Lipinski definition) is 1. The summed E-state index contributed by atoms with van der Waals surface area (Å²) in [6.07, 6.45) is 0.928. The molecule has 102 valence electrons. The molecule has 0 fully saturated rings. The van der Waals surface area contributed by atoms with Crippen molar-refractivity contribution in [3.63, 3.8) is 0 Å². The molecule has 0 bridgehead atoms. The van der Waals surface area contributed by atoms with Gasteiger partial charge in [0.05, 0.1) is 11.0 Å². The minimum atomic E-state index is 0.928. The van der Waals surface area contributed by atoms with Crippen molar-refractivity contribution >= 4 is 11.0 Å². The highest BCUT2D eigenvalue weighted by Crippen LogP contribution is 2.21. The summed E-state index contributed by atoms with van der Waals surface area (Å²) in [7, 11) is 0. The van der Waals surface area contributed by atoms with E-state index in [0.29, 0.717) is 0 Å². The highest BCUT2D eigenvalue weighted by Gasteiger charge is 2.11. The summed E-state index contributed by atoms with van der Waals surface area (Å²) in [6.45, 7) is 4.07. The van der Waals surface area contributed by atoms with Crippen LogP contribution in [0.5, 0.6) is 0 Å². The normalized spacial score (nSPS) is 11.1. The van der Waals surface area contributed by atoms with Gasteiger partial charge in [0.25, 0.3) is 0 Å². The maximum absolute atomic E-state index is 4.78. The Balaban J connectivity index is 2.09. The molecule has 0 atom stereocenters. The van der Waals surface area contributed by atoms with Gasteiger partial charge in [-0.1, -0.05) is 37.3 Å². The van der Waals surface area contributed by atoms with Crippen LogP contribution >= 0.6 is 0 Å². The molecule has 3 heteroatoms. The van der Waals surface area contributed by atoms with Gasteiger partial charge in [0.15, 0.2) is 0 Å². The molecule has 1 aromatic heterocycles. The maximum Gasteiger partial charge on any atom is 0.115 e. The van der Waals surface area contributed by atoms with Crippen LogP contribution in [0.3, 0.4) is 0 Å². The lowest BCUT2D eigenvalue weighted by Gasteiger charge is -2.09. The molecule has 0 saturated heterocycles. The van der Waals surface area contributed by atoms with Crippen LogP contribution in [-0.2, 0) is 6.42 Å². The fraction of sp³-hybridized carbons (Fsp3) is 0.235. The third kappa shape index (κ3) is 2.45. The van der Waals surface area contributed by atoms with E-state index in [9.17, 15) is 0 Å². The fourth-order valence-electron chi connectivity index (χ4n) is 2.49. The molecule has 0 saturated carbocycles. The number of para-hydroxylation sites is 3. The molecule has 0 unspecified atom stereocenters. The number of likely N-dealkylation sites (N-methyl/N-ethyl adjacent to an activating group) is 1. The number of fused-ring (bicyclic) bond motifs is 1. The number of benzene rings is 2. The van der Waals surface area contributed by atoms with Gasteiger partial charge in [-0.25, -0.2) is 4.98 Å². The molecule has 0 amide bonds. The molecular weight excluding hydrogens is 246 g/mol. The van der Waals surface area contributed by atoms with Gasteiger partial charge in [0.2, 0.25) is 0 Å². The zero-order chi connectivity index (χ0) is 13.8. The summed E-state index contributed by atoms with van der Waals surface area (Å²) in [6, 6.07) is 18.8. The molecular formula is C17H19N3. The number of imidazole rings is 1. The van der Waals surface area contributed by atoms with Crippen LogP contribution in [0.1, 0.15) is 12.7 Å². The second kappa shape index (κ2) is 5.88. The molecule has 0 radical (unpaired) electrons. The van der Waals surface area contributed by atoms with Crippen molar-refractivity contribution in [3.05, 3.63) is 60.4 Å². The second-order valence-electron chi connectivity index (χ2n) is 4.79. The van der Waals surface area contributed by atoms with Crippen molar-refractivity contribution < 1.29 is 0 Å². The van der Waals surface area contributed by atoms with E-state index in [2.05, 4.69) is 59.3 Å². The molecule has 1 N–H and O–H groups in total. The summed E-state index contributed by atoms with van der Waals surface area (Å²) in [5, 5.41) is 3.37. The van der Waals surface area contributed by atoms with Crippen LogP contribution in [0.4, 0.5) is 0 Å². The monoisotopic (exact) mass is 265 g/mol. The standard InChI is InChI=1S/C17H19N3/c1-2-18-13-12-17-19-15-10-6-7-11-16(15)20(17)14-8-4-3-5-9-14/h3-11,18H,2,12-13H2,1H3. The second-order valence-corrected chi connectivity index (χ2v) is 4.79. The van der Waals surface area contributed by atoms with Crippen molar-refractivity contribution in [2.24, 2.45) is 0 Å². The summed E-state index contributed by atoms with van der Waals surface area (Å²) in [5.74, 6) is 1.11.